The van der Waals surface area contributed by atoms with E-state index in [9.17, 15) is 9.59 Å². The fourth-order valence-electron chi connectivity index (χ4n) is 1.70. The van der Waals surface area contributed by atoms with E-state index in [1.165, 1.54) is 23.9 Å². The van der Waals surface area contributed by atoms with Crippen molar-refractivity contribution in [2.75, 3.05) is 5.32 Å². The van der Waals surface area contributed by atoms with Crippen molar-refractivity contribution in [3.8, 4) is 11.1 Å². The van der Waals surface area contributed by atoms with Crippen LogP contribution in [-0.2, 0) is 11.8 Å². The summed E-state index contributed by atoms with van der Waals surface area (Å²) >= 11 is 6.00. The van der Waals surface area contributed by atoms with Crippen molar-refractivity contribution >= 4 is 29.3 Å². The van der Waals surface area contributed by atoms with E-state index in [1.807, 2.05) is 0 Å². The summed E-state index contributed by atoms with van der Waals surface area (Å²) in [4.78, 5) is 26.0. The topological polar surface area (TPSA) is 97.1 Å². The molecule has 104 valence electrons. The third-order valence-corrected chi connectivity index (χ3v) is 2.80. The number of aryl methyl sites for hydroxylation is 1. The molecule has 0 spiro atoms. The molecule has 0 unspecified atom stereocenters. The van der Waals surface area contributed by atoms with Gasteiger partial charge in [-0.2, -0.15) is 5.10 Å². The maximum absolute atomic E-state index is 11.2. The van der Waals surface area contributed by atoms with Gasteiger partial charge in [0.25, 0.3) is 0 Å². The van der Waals surface area contributed by atoms with Crippen molar-refractivity contribution in [1.82, 2.24) is 14.8 Å². The third-order valence-electron chi connectivity index (χ3n) is 2.50. The number of halogens is 1. The van der Waals surface area contributed by atoms with Gasteiger partial charge in [0.2, 0.25) is 5.91 Å². The summed E-state index contributed by atoms with van der Waals surface area (Å²) in [5, 5.41) is 15.8. The molecule has 2 N–H and O–H groups in total. The number of rotatable bonds is 3. The maximum Gasteiger partial charge on any atom is 0.337 e. The Morgan fingerprint density at radius 3 is 2.70 bits per heavy atom. The van der Waals surface area contributed by atoms with Gasteiger partial charge in [0.15, 0.2) is 5.82 Å². The first-order valence-corrected chi connectivity index (χ1v) is 5.96. The summed E-state index contributed by atoms with van der Waals surface area (Å²) in [5.74, 6) is -1.10. The average Bonchev–Trinajstić information content (AvgIpc) is 2.69. The molecule has 0 aromatic carbocycles. The van der Waals surface area contributed by atoms with Crippen LogP contribution in [0.15, 0.2) is 18.5 Å². The second kappa shape index (κ2) is 5.30. The van der Waals surface area contributed by atoms with Gasteiger partial charge in [-0.15, -0.1) is 0 Å². The Labute approximate surface area is 119 Å². The molecule has 7 nitrogen and oxygen atoms in total. The SMILES string of the molecule is CC(=O)Nc1nn(C)cc1-c1cc(C(=O)O)cnc1Cl. The van der Waals surface area contributed by atoms with E-state index in [1.54, 1.807) is 13.2 Å². The number of hydrogen-bond donors (Lipinski definition) is 2. The van der Waals surface area contributed by atoms with Crippen molar-refractivity contribution < 1.29 is 14.7 Å². The van der Waals surface area contributed by atoms with Gasteiger partial charge in [0, 0.05) is 37.5 Å². The second-order valence-electron chi connectivity index (χ2n) is 4.11. The lowest BCUT2D eigenvalue weighted by molar-refractivity contribution is -0.114. The Bertz CT molecular complexity index is 696. The normalized spacial score (nSPS) is 10.3. The van der Waals surface area contributed by atoms with Gasteiger partial charge in [-0.05, 0) is 6.07 Å². The monoisotopic (exact) mass is 294 g/mol. The third kappa shape index (κ3) is 2.77. The van der Waals surface area contributed by atoms with Gasteiger partial charge >= 0.3 is 5.97 Å². The highest BCUT2D eigenvalue weighted by atomic mass is 35.5. The number of pyridine rings is 1. The Morgan fingerprint density at radius 2 is 2.10 bits per heavy atom. The molecule has 8 heteroatoms. The zero-order chi connectivity index (χ0) is 14.9. The van der Waals surface area contributed by atoms with Crippen molar-refractivity contribution in [3.05, 3.63) is 29.2 Å². The summed E-state index contributed by atoms with van der Waals surface area (Å²) < 4.78 is 1.49. The Kier molecular flexibility index (Phi) is 3.71. The number of carboxylic acid groups (broad SMARTS) is 1. The predicted octanol–water partition coefficient (Wildman–Crippen LogP) is 1.79. The maximum atomic E-state index is 11.2. The lowest BCUT2D eigenvalue weighted by atomic mass is 10.1. The number of carboxylic acids is 1. The van der Waals surface area contributed by atoms with Crippen molar-refractivity contribution in [3.63, 3.8) is 0 Å². The number of aromatic carboxylic acids is 1. The Balaban J connectivity index is 2.58. The largest absolute Gasteiger partial charge is 0.478 e. The molecule has 2 aromatic heterocycles. The number of amides is 1. The standard InChI is InChI=1S/C12H11ClN4O3/c1-6(18)15-11-9(5-17(2)16-11)8-3-7(12(19)20)4-14-10(8)13/h3-5H,1-2H3,(H,19,20)(H,15,16,18). The zero-order valence-electron chi connectivity index (χ0n) is 10.7. The van der Waals surface area contributed by atoms with E-state index in [0.717, 1.165) is 0 Å². The van der Waals surface area contributed by atoms with Crippen LogP contribution in [0.2, 0.25) is 5.15 Å². The number of carbonyl (C=O) groups excluding carboxylic acids is 1. The number of aromatic nitrogens is 3. The highest BCUT2D eigenvalue weighted by Crippen LogP contribution is 2.32. The van der Waals surface area contributed by atoms with Crippen LogP contribution in [0.25, 0.3) is 11.1 Å². The van der Waals surface area contributed by atoms with Gasteiger partial charge in [-0.25, -0.2) is 9.78 Å². The van der Waals surface area contributed by atoms with Crippen LogP contribution in [-0.4, -0.2) is 31.7 Å². The van der Waals surface area contributed by atoms with Crippen LogP contribution in [0.3, 0.4) is 0 Å². The van der Waals surface area contributed by atoms with Crippen LogP contribution in [0.1, 0.15) is 17.3 Å². The van der Waals surface area contributed by atoms with Crippen LogP contribution >= 0.6 is 11.6 Å². The summed E-state index contributed by atoms with van der Waals surface area (Å²) in [6.07, 6.45) is 2.79. The quantitative estimate of drug-likeness (QED) is 0.841. The minimum Gasteiger partial charge on any atom is -0.478 e. The first-order chi connectivity index (χ1) is 9.38. The minimum absolute atomic E-state index is 0.00188. The molecular weight excluding hydrogens is 284 g/mol. The van der Waals surface area contributed by atoms with Crippen LogP contribution in [0.4, 0.5) is 5.82 Å². The molecule has 0 aliphatic heterocycles. The minimum atomic E-state index is -1.11. The number of nitrogens with zero attached hydrogens (tertiary/aromatic N) is 3. The Morgan fingerprint density at radius 1 is 1.40 bits per heavy atom. The summed E-state index contributed by atoms with van der Waals surface area (Å²) in [6.45, 7) is 1.35. The number of nitrogens with one attached hydrogen (secondary N) is 1. The molecule has 0 radical (unpaired) electrons. The summed E-state index contributed by atoms with van der Waals surface area (Å²) in [5.41, 5.74) is 0.897. The predicted molar refractivity (Wildman–Crippen MR) is 72.7 cm³/mol. The molecule has 0 bridgehead atoms. The first-order valence-electron chi connectivity index (χ1n) is 5.59. The molecule has 2 rings (SSSR count). The van der Waals surface area contributed by atoms with Gasteiger partial charge in [-0.1, -0.05) is 11.6 Å². The lowest BCUT2D eigenvalue weighted by Crippen LogP contribution is -2.08. The van der Waals surface area contributed by atoms with Gasteiger partial charge in [0.1, 0.15) is 5.15 Å². The summed E-state index contributed by atoms with van der Waals surface area (Å²) in [6, 6.07) is 1.39. The fraction of sp³-hybridized carbons (Fsp3) is 0.167. The van der Waals surface area contributed by atoms with E-state index in [0.29, 0.717) is 16.9 Å². The number of carbonyl (C=O) groups is 2. The highest BCUT2D eigenvalue weighted by Gasteiger charge is 2.17. The van der Waals surface area contributed by atoms with E-state index in [4.69, 9.17) is 16.7 Å². The highest BCUT2D eigenvalue weighted by molar-refractivity contribution is 6.32. The second-order valence-corrected chi connectivity index (χ2v) is 4.47. The van der Waals surface area contributed by atoms with Crippen LogP contribution in [0.5, 0.6) is 0 Å². The van der Waals surface area contributed by atoms with E-state index in [2.05, 4.69) is 15.4 Å². The fourth-order valence-corrected chi connectivity index (χ4v) is 1.90. The molecule has 0 atom stereocenters. The molecule has 0 fully saturated rings. The Hall–Kier alpha value is -2.41. The molecule has 20 heavy (non-hydrogen) atoms. The lowest BCUT2D eigenvalue weighted by Gasteiger charge is -2.05. The van der Waals surface area contributed by atoms with Crippen LogP contribution in [0, 0.1) is 0 Å². The van der Waals surface area contributed by atoms with Crippen molar-refractivity contribution in [2.45, 2.75) is 6.92 Å². The molecule has 0 saturated heterocycles. The zero-order valence-corrected chi connectivity index (χ0v) is 11.5. The van der Waals surface area contributed by atoms with Crippen molar-refractivity contribution in [1.29, 1.82) is 0 Å². The van der Waals surface area contributed by atoms with Gasteiger partial charge in [-0.3, -0.25) is 9.48 Å². The molecule has 0 aliphatic rings. The summed E-state index contributed by atoms with van der Waals surface area (Å²) in [7, 11) is 1.68. The van der Waals surface area contributed by atoms with E-state index >= 15 is 0 Å². The number of hydrogen-bond acceptors (Lipinski definition) is 4. The van der Waals surface area contributed by atoms with Gasteiger partial charge in [0.05, 0.1) is 5.56 Å². The van der Waals surface area contributed by atoms with Crippen molar-refractivity contribution in [2.24, 2.45) is 7.05 Å². The van der Waals surface area contributed by atoms with E-state index < -0.39 is 5.97 Å². The number of anilines is 1. The molecular formula is C12H11ClN4O3. The molecule has 1 amide bonds. The first kappa shape index (κ1) is 14.0. The average molecular weight is 295 g/mol. The molecule has 2 aromatic rings. The smallest absolute Gasteiger partial charge is 0.337 e. The van der Waals surface area contributed by atoms with E-state index in [-0.39, 0.29) is 16.6 Å². The molecule has 2 heterocycles. The van der Waals surface area contributed by atoms with Crippen LogP contribution < -0.4 is 5.32 Å². The van der Waals surface area contributed by atoms with Gasteiger partial charge < -0.3 is 10.4 Å². The molecule has 0 aliphatic carbocycles. The molecule has 0 saturated carbocycles.